The summed E-state index contributed by atoms with van der Waals surface area (Å²) in [5, 5.41) is 3.42. The third-order valence-corrected chi connectivity index (χ3v) is 10.3. The van der Waals surface area contributed by atoms with Gasteiger partial charge in [0.1, 0.15) is 0 Å². The monoisotopic (exact) mass is 714 g/mol. The number of pyridine rings is 1. The van der Waals surface area contributed by atoms with Gasteiger partial charge in [0.25, 0.3) is 0 Å². The average Bonchev–Trinajstić information content (AvgIpc) is 3.29. The van der Waals surface area contributed by atoms with Crippen molar-refractivity contribution in [1.29, 1.82) is 0 Å². The highest BCUT2D eigenvalue weighted by Crippen LogP contribution is 2.41. The molecule has 0 aliphatic rings. The van der Waals surface area contributed by atoms with E-state index in [-0.39, 0.29) is 0 Å². The van der Waals surface area contributed by atoms with Crippen LogP contribution in [0.5, 0.6) is 0 Å². The molecule has 10 rings (SSSR count). The Morgan fingerprint density at radius 1 is 0.250 bits per heavy atom. The Balaban J connectivity index is 1.16. The molecule has 0 amide bonds. The van der Waals surface area contributed by atoms with Crippen LogP contribution in [0.3, 0.4) is 0 Å². The summed E-state index contributed by atoms with van der Waals surface area (Å²) in [7, 11) is 0. The summed E-state index contributed by atoms with van der Waals surface area (Å²) in [6.07, 6.45) is 0. The van der Waals surface area contributed by atoms with Crippen molar-refractivity contribution in [3.8, 4) is 78.8 Å². The van der Waals surface area contributed by atoms with E-state index in [9.17, 15) is 0 Å². The van der Waals surface area contributed by atoms with Crippen LogP contribution in [0.4, 0.5) is 0 Å². The quantitative estimate of drug-likeness (QED) is 0.154. The van der Waals surface area contributed by atoms with E-state index in [0.717, 1.165) is 66.5 Å². The predicted molar refractivity (Wildman–Crippen MR) is 231 cm³/mol. The minimum atomic E-state index is 0.607. The van der Waals surface area contributed by atoms with Crippen LogP contribution in [0.2, 0.25) is 0 Å². The number of para-hydroxylation sites is 1. The third-order valence-electron chi connectivity index (χ3n) is 10.3. The van der Waals surface area contributed by atoms with Gasteiger partial charge < -0.3 is 0 Å². The second-order valence-electron chi connectivity index (χ2n) is 13.8. The smallest absolute Gasteiger partial charge is 0.164 e. The maximum absolute atomic E-state index is 5.49. The Morgan fingerprint density at radius 3 is 1.30 bits per heavy atom. The first-order valence-electron chi connectivity index (χ1n) is 18.8. The van der Waals surface area contributed by atoms with Crippen molar-refractivity contribution in [1.82, 2.24) is 19.9 Å². The van der Waals surface area contributed by atoms with Gasteiger partial charge in [-0.1, -0.05) is 194 Å². The zero-order valence-electron chi connectivity index (χ0n) is 30.4. The number of benzene rings is 8. The van der Waals surface area contributed by atoms with Crippen LogP contribution in [0.25, 0.3) is 100 Å². The van der Waals surface area contributed by atoms with Crippen LogP contribution < -0.4 is 0 Å². The molecule has 0 radical (unpaired) electrons. The summed E-state index contributed by atoms with van der Waals surface area (Å²) in [5.41, 5.74) is 12.4. The molecule has 2 heterocycles. The number of hydrogen-bond donors (Lipinski definition) is 0. The van der Waals surface area contributed by atoms with E-state index in [2.05, 4.69) is 170 Å². The molecule has 0 unspecified atom stereocenters. The van der Waals surface area contributed by atoms with E-state index < -0.39 is 0 Å². The number of hydrogen-bond acceptors (Lipinski definition) is 4. The van der Waals surface area contributed by atoms with Crippen LogP contribution in [0.1, 0.15) is 0 Å². The van der Waals surface area contributed by atoms with Crippen molar-refractivity contribution in [2.75, 3.05) is 0 Å². The number of aromatic nitrogens is 4. The fourth-order valence-electron chi connectivity index (χ4n) is 7.63. The molecular formula is C52H34N4. The Hall–Kier alpha value is -7.56. The van der Waals surface area contributed by atoms with Crippen LogP contribution >= 0.6 is 0 Å². The molecule has 0 saturated carbocycles. The highest BCUT2D eigenvalue weighted by Gasteiger charge is 2.18. The normalized spacial score (nSPS) is 11.2. The fraction of sp³-hybridized carbons (Fsp3) is 0. The topological polar surface area (TPSA) is 51.6 Å². The second kappa shape index (κ2) is 14.3. The van der Waals surface area contributed by atoms with Crippen molar-refractivity contribution in [2.45, 2.75) is 0 Å². The standard InChI is InChI=1S/C52H34N4/c1-5-17-35(18-6-1)39-25-13-27-41(33-39)51-54-50(38-23-11-4-12-24-38)55-52(56-51)42-28-14-26-40(34-42)44-30-16-32-46-47-43(36-19-7-2-8-20-36)29-15-31-45(47)48(53-49(44)46)37-21-9-3-10-22-37/h1-34H. The van der Waals surface area contributed by atoms with Gasteiger partial charge in [-0.3, -0.25) is 0 Å². The van der Waals surface area contributed by atoms with Crippen LogP contribution in [-0.4, -0.2) is 19.9 Å². The molecule has 0 atom stereocenters. The van der Waals surface area contributed by atoms with Gasteiger partial charge in [0, 0.05) is 44.0 Å². The van der Waals surface area contributed by atoms with Gasteiger partial charge in [-0.25, -0.2) is 19.9 Å². The Kier molecular flexibility index (Phi) is 8.47. The molecule has 0 aliphatic heterocycles. The van der Waals surface area contributed by atoms with Gasteiger partial charge in [0.15, 0.2) is 17.5 Å². The van der Waals surface area contributed by atoms with E-state index in [1.165, 1.54) is 16.5 Å². The van der Waals surface area contributed by atoms with Gasteiger partial charge in [-0.15, -0.1) is 0 Å². The van der Waals surface area contributed by atoms with E-state index in [1.54, 1.807) is 0 Å². The van der Waals surface area contributed by atoms with E-state index in [4.69, 9.17) is 19.9 Å². The molecule has 0 bridgehead atoms. The summed E-state index contributed by atoms with van der Waals surface area (Å²) >= 11 is 0. The Labute approximate surface area is 325 Å². The lowest BCUT2D eigenvalue weighted by Crippen LogP contribution is -2.00. The largest absolute Gasteiger partial charge is 0.246 e. The molecule has 4 nitrogen and oxygen atoms in total. The maximum Gasteiger partial charge on any atom is 0.164 e. The van der Waals surface area contributed by atoms with Crippen molar-refractivity contribution < 1.29 is 0 Å². The van der Waals surface area contributed by atoms with E-state index in [0.29, 0.717) is 17.5 Å². The molecule has 0 N–H and O–H groups in total. The van der Waals surface area contributed by atoms with E-state index in [1.807, 2.05) is 36.4 Å². The molecule has 56 heavy (non-hydrogen) atoms. The molecule has 0 fully saturated rings. The van der Waals surface area contributed by atoms with E-state index >= 15 is 0 Å². The van der Waals surface area contributed by atoms with Crippen LogP contribution in [0, 0.1) is 0 Å². The summed E-state index contributed by atoms with van der Waals surface area (Å²) in [6.45, 7) is 0. The average molecular weight is 715 g/mol. The number of rotatable bonds is 7. The minimum absolute atomic E-state index is 0.607. The summed E-state index contributed by atoms with van der Waals surface area (Å²) in [6, 6.07) is 71.6. The van der Waals surface area contributed by atoms with Crippen molar-refractivity contribution in [3.63, 3.8) is 0 Å². The molecule has 262 valence electrons. The SMILES string of the molecule is c1ccc(-c2cccc(-c3nc(-c4ccccc4)nc(-c4cccc(-c5cccc6c5nc(-c5ccccc5)c5cccc(-c7ccccc7)c56)c4)n3)c2)cc1. The second-order valence-corrected chi connectivity index (χ2v) is 13.8. The Bertz CT molecular complexity index is 3000. The van der Waals surface area contributed by atoms with Crippen molar-refractivity contribution in [3.05, 3.63) is 206 Å². The highest BCUT2D eigenvalue weighted by atomic mass is 15.0. The van der Waals surface area contributed by atoms with Gasteiger partial charge in [-0.2, -0.15) is 0 Å². The number of nitrogens with zero attached hydrogens (tertiary/aromatic N) is 4. The zero-order chi connectivity index (χ0) is 37.3. The molecule has 0 spiro atoms. The van der Waals surface area contributed by atoms with Crippen LogP contribution in [0.15, 0.2) is 206 Å². The van der Waals surface area contributed by atoms with Crippen molar-refractivity contribution >= 4 is 21.7 Å². The lowest BCUT2D eigenvalue weighted by molar-refractivity contribution is 1.07. The molecule has 10 aromatic rings. The van der Waals surface area contributed by atoms with Crippen LogP contribution in [-0.2, 0) is 0 Å². The third kappa shape index (κ3) is 6.19. The first kappa shape index (κ1) is 33.0. The van der Waals surface area contributed by atoms with Gasteiger partial charge in [-0.05, 0) is 39.9 Å². The molecule has 0 saturated heterocycles. The molecule has 4 heteroatoms. The minimum Gasteiger partial charge on any atom is -0.246 e. The molecule has 0 aliphatic carbocycles. The molecular weight excluding hydrogens is 681 g/mol. The van der Waals surface area contributed by atoms with Gasteiger partial charge in [0.05, 0.1) is 11.2 Å². The van der Waals surface area contributed by atoms with Gasteiger partial charge >= 0.3 is 0 Å². The lowest BCUT2D eigenvalue weighted by Gasteiger charge is -2.16. The summed E-state index contributed by atoms with van der Waals surface area (Å²) in [4.78, 5) is 20.7. The first-order chi connectivity index (χ1) is 27.8. The summed E-state index contributed by atoms with van der Waals surface area (Å²) in [5.74, 6) is 1.85. The molecule has 8 aromatic carbocycles. The Morgan fingerprint density at radius 2 is 0.679 bits per heavy atom. The maximum atomic E-state index is 5.49. The first-order valence-corrected chi connectivity index (χ1v) is 18.8. The fourth-order valence-corrected chi connectivity index (χ4v) is 7.63. The van der Waals surface area contributed by atoms with Gasteiger partial charge in [0.2, 0.25) is 0 Å². The number of fused-ring (bicyclic) bond motifs is 3. The molecule has 2 aromatic heterocycles. The summed E-state index contributed by atoms with van der Waals surface area (Å²) < 4.78 is 0. The predicted octanol–water partition coefficient (Wildman–Crippen LogP) is 13.2. The lowest BCUT2D eigenvalue weighted by atomic mass is 9.91. The zero-order valence-corrected chi connectivity index (χ0v) is 30.4. The highest BCUT2D eigenvalue weighted by molar-refractivity contribution is 6.19. The van der Waals surface area contributed by atoms with Crippen molar-refractivity contribution in [2.24, 2.45) is 0 Å².